The van der Waals surface area contributed by atoms with Crippen LogP contribution in [0.1, 0.15) is 29.3 Å². The number of carbonyl (C=O) groups is 1. The van der Waals surface area contributed by atoms with Crippen molar-refractivity contribution in [2.24, 2.45) is 0 Å². The zero-order chi connectivity index (χ0) is 16.1. The summed E-state index contributed by atoms with van der Waals surface area (Å²) in [6, 6.07) is 11.4. The van der Waals surface area contributed by atoms with E-state index < -0.39 is 0 Å². The van der Waals surface area contributed by atoms with E-state index in [1.165, 1.54) is 12.1 Å². The molecule has 0 radical (unpaired) electrons. The van der Waals surface area contributed by atoms with E-state index in [1.54, 1.807) is 30.3 Å². The number of benzene rings is 2. The summed E-state index contributed by atoms with van der Waals surface area (Å²) in [5.74, 6) is -0.500. The van der Waals surface area contributed by atoms with Crippen molar-refractivity contribution < 1.29 is 14.3 Å². The van der Waals surface area contributed by atoms with Gasteiger partial charge in [0.2, 0.25) is 0 Å². The van der Waals surface area contributed by atoms with Gasteiger partial charge in [-0.25, -0.2) is 4.39 Å². The average molecular weight is 301 g/mol. The molecule has 0 bridgehead atoms. The van der Waals surface area contributed by atoms with Gasteiger partial charge >= 0.3 is 0 Å². The summed E-state index contributed by atoms with van der Waals surface area (Å²) in [6.45, 7) is 3.74. The minimum Gasteiger partial charge on any atom is -0.394 e. The maximum atomic E-state index is 13.4. The monoisotopic (exact) mass is 301 g/mol. The van der Waals surface area contributed by atoms with E-state index in [2.05, 4.69) is 5.32 Å². The van der Waals surface area contributed by atoms with Crippen LogP contribution < -0.4 is 5.32 Å². The summed E-state index contributed by atoms with van der Waals surface area (Å²) in [6.07, 6.45) is 0.669. The number of aliphatic hydroxyl groups is 1. The predicted octanol–water partition coefficient (Wildman–Crippen LogP) is 3.30. The molecule has 0 spiro atoms. The van der Waals surface area contributed by atoms with Gasteiger partial charge in [-0.3, -0.25) is 4.79 Å². The molecule has 4 heteroatoms. The first-order valence-corrected chi connectivity index (χ1v) is 7.33. The zero-order valence-electron chi connectivity index (χ0n) is 12.8. The first-order chi connectivity index (χ1) is 10.5. The van der Waals surface area contributed by atoms with Crippen LogP contribution in [0.2, 0.25) is 0 Å². The van der Waals surface area contributed by atoms with Crippen LogP contribution >= 0.6 is 0 Å². The van der Waals surface area contributed by atoms with Gasteiger partial charge in [0.15, 0.2) is 0 Å². The Morgan fingerprint density at radius 3 is 2.50 bits per heavy atom. The van der Waals surface area contributed by atoms with Crippen LogP contribution in [0, 0.1) is 12.7 Å². The molecular formula is C18H20FNO2. The minimum atomic E-state index is -0.281. The molecule has 0 aliphatic heterocycles. The maximum absolute atomic E-state index is 13.4. The SMILES string of the molecule is CC[C@H](CO)NC(=O)c1ccc(-c2cc(F)ccc2C)cc1. The van der Waals surface area contributed by atoms with Crippen molar-refractivity contribution in [2.75, 3.05) is 6.61 Å². The molecule has 3 nitrogen and oxygen atoms in total. The smallest absolute Gasteiger partial charge is 0.251 e. The lowest BCUT2D eigenvalue weighted by atomic mass is 9.99. The van der Waals surface area contributed by atoms with Crippen molar-refractivity contribution in [2.45, 2.75) is 26.3 Å². The summed E-state index contributed by atoms with van der Waals surface area (Å²) >= 11 is 0. The van der Waals surface area contributed by atoms with Gasteiger partial charge in [0, 0.05) is 5.56 Å². The van der Waals surface area contributed by atoms with Crippen molar-refractivity contribution in [3.63, 3.8) is 0 Å². The number of rotatable bonds is 5. The van der Waals surface area contributed by atoms with Crippen LogP contribution in [0.5, 0.6) is 0 Å². The third-order valence-corrected chi connectivity index (χ3v) is 3.71. The van der Waals surface area contributed by atoms with E-state index in [9.17, 15) is 9.18 Å². The second-order valence-electron chi connectivity index (χ2n) is 5.30. The van der Waals surface area contributed by atoms with Crippen molar-refractivity contribution in [3.8, 4) is 11.1 Å². The number of hydrogen-bond acceptors (Lipinski definition) is 2. The number of aliphatic hydroxyl groups excluding tert-OH is 1. The fourth-order valence-corrected chi connectivity index (χ4v) is 2.25. The van der Waals surface area contributed by atoms with Crippen molar-refractivity contribution >= 4 is 5.91 Å². The summed E-state index contributed by atoms with van der Waals surface area (Å²) in [5, 5.41) is 11.9. The first kappa shape index (κ1) is 16.2. The van der Waals surface area contributed by atoms with E-state index in [4.69, 9.17) is 5.11 Å². The molecule has 2 rings (SSSR count). The molecule has 0 aliphatic carbocycles. The highest BCUT2D eigenvalue weighted by atomic mass is 19.1. The lowest BCUT2D eigenvalue weighted by molar-refractivity contribution is 0.0915. The number of carbonyl (C=O) groups excluding carboxylic acids is 1. The lowest BCUT2D eigenvalue weighted by Gasteiger charge is -2.14. The molecule has 0 unspecified atom stereocenters. The summed E-state index contributed by atoms with van der Waals surface area (Å²) in [7, 11) is 0. The largest absolute Gasteiger partial charge is 0.394 e. The molecule has 1 atom stereocenters. The Bertz CT molecular complexity index is 649. The highest BCUT2D eigenvalue weighted by molar-refractivity contribution is 5.94. The molecular weight excluding hydrogens is 281 g/mol. The molecule has 116 valence electrons. The Morgan fingerprint density at radius 2 is 1.91 bits per heavy atom. The van der Waals surface area contributed by atoms with Crippen LogP contribution in [0.25, 0.3) is 11.1 Å². The Balaban J connectivity index is 2.20. The Kier molecular flexibility index (Phi) is 5.28. The van der Waals surface area contributed by atoms with Gasteiger partial charge in [-0.15, -0.1) is 0 Å². The number of aryl methyl sites for hydroxylation is 1. The highest BCUT2D eigenvalue weighted by Gasteiger charge is 2.11. The van der Waals surface area contributed by atoms with Crippen LogP contribution in [-0.2, 0) is 0 Å². The lowest BCUT2D eigenvalue weighted by Crippen LogP contribution is -2.36. The van der Waals surface area contributed by atoms with Crippen molar-refractivity contribution in [1.29, 1.82) is 0 Å². The second-order valence-corrected chi connectivity index (χ2v) is 5.30. The highest BCUT2D eigenvalue weighted by Crippen LogP contribution is 2.24. The van der Waals surface area contributed by atoms with Gasteiger partial charge in [0.05, 0.1) is 12.6 Å². The maximum Gasteiger partial charge on any atom is 0.251 e. The summed E-state index contributed by atoms with van der Waals surface area (Å²) in [4.78, 5) is 12.1. The van der Waals surface area contributed by atoms with Gasteiger partial charge in [-0.1, -0.05) is 25.1 Å². The van der Waals surface area contributed by atoms with E-state index in [0.29, 0.717) is 12.0 Å². The molecule has 2 aromatic rings. The summed E-state index contributed by atoms with van der Waals surface area (Å²) < 4.78 is 13.4. The molecule has 2 aromatic carbocycles. The van der Waals surface area contributed by atoms with E-state index in [1.807, 2.05) is 13.8 Å². The molecule has 0 saturated heterocycles. The number of halogens is 1. The molecule has 0 aliphatic rings. The molecule has 0 fully saturated rings. The van der Waals surface area contributed by atoms with Crippen LogP contribution in [0.4, 0.5) is 4.39 Å². The summed E-state index contributed by atoms with van der Waals surface area (Å²) in [5.41, 5.74) is 3.17. The van der Waals surface area contributed by atoms with Gasteiger partial charge < -0.3 is 10.4 Å². The average Bonchev–Trinajstić information content (AvgIpc) is 2.54. The first-order valence-electron chi connectivity index (χ1n) is 7.33. The van der Waals surface area contributed by atoms with Gasteiger partial charge in [0.25, 0.3) is 5.91 Å². The zero-order valence-corrected chi connectivity index (χ0v) is 12.8. The molecule has 1 amide bonds. The predicted molar refractivity (Wildman–Crippen MR) is 85.2 cm³/mol. The van der Waals surface area contributed by atoms with E-state index >= 15 is 0 Å². The molecule has 2 N–H and O–H groups in total. The Hall–Kier alpha value is -2.20. The topological polar surface area (TPSA) is 49.3 Å². The third-order valence-electron chi connectivity index (χ3n) is 3.71. The van der Waals surface area contributed by atoms with Gasteiger partial charge in [0.1, 0.15) is 5.82 Å². The van der Waals surface area contributed by atoms with Gasteiger partial charge in [-0.05, 0) is 54.3 Å². The number of hydrogen-bond donors (Lipinski definition) is 2. The third kappa shape index (κ3) is 3.71. The second kappa shape index (κ2) is 7.18. The number of amides is 1. The molecule has 0 aromatic heterocycles. The van der Waals surface area contributed by atoms with Crippen molar-refractivity contribution in [1.82, 2.24) is 5.32 Å². The van der Waals surface area contributed by atoms with Crippen LogP contribution in [0.3, 0.4) is 0 Å². The molecule has 0 heterocycles. The Morgan fingerprint density at radius 1 is 1.23 bits per heavy atom. The number of nitrogens with one attached hydrogen (secondary N) is 1. The molecule has 22 heavy (non-hydrogen) atoms. The fourth-order valence-electron chi connectivity index (χ4n) is 2.25. The standard InChI is InChI=1S/C18H20FNO2/c1-3-16(11-21)20-18(22)14-7-5-13(6-8-14)17-10-15(19)9-4-12(17)2/h4-10,16,21H,3,11H2,1-2H3,(H,20,22)/t16-/m1/s1. The molecule has 0 saturated carbocycles. The van der Waals surface area contributed by atoms with E-state index in [0.717, 1.165) is 16.7 Å². The quantitative estimate of drug-likeness (QED) is 0.890. The van der Waals surface area contributed by atoms with Gasteiger partial charge in [-0.2, -0.15) is 0 Å². The van der Waals surface area contributed by atoms with Crippen LogP contribution in [0.15, 0.2) is 42.5 Å². The normalized spacial score (nSPS) is 12.0. The van der Waals surface area contributed by atoms with Crippen LogP contribution in [-0.4, -0.2) is 23.7 Å². The van der Waals surface area contributed by atoms with E-state index in [-0.39, 0.29) is 24.4 Å². The Labute approximate surface area is 129 Å². The fraction of sp³-hybridized carbons (Fsp3) is 0.278. The minimum absolute atomic E-state index is 0.0805. The van der Waals surface area contributed by atoms with Crippen molar-refractivity contribution in [3.05, 3.63) is 59.4 Å².